The van der Waals surface area contributed by atoms with Crippen LogP contribution in [0.15, 0.2) is 36.7 Å². The molecular weight excluding hydrogens is 307 g/mol. The van der Waals surface area contributed by atoms with Crippen molar-refractivity contribution in [2.45, 2.75) is 25.1 Å². The molecule has 2 heterocycles. The van der Waals surface area contributed by atoms with Gasteiger partial charge in [-0.05, 0) is 18.1 Å². The first-order valence-electron chi connectivity index (χ1n) is 7.32. The standard InChI is InChI=1S/C16H16F3N3O/c17-16(18,19)13-4-2-1-3-11(13)8-20-15-7-14(21-10-22-15)12-5-6-23-9-12/h1-4,7,10,12H,5-6,8-9H2,(H,20,21,22). The van der Waals surface area contributed by atoms with Crippen LogP contribution in [-0.4, -0.2) is 23.2 Å². The predicted octanol–water partition coefficient (Wildman–Crippen LogP) is 3.61. The molecule has 2 aromatic rings. The molecule has 0 amide bonds. The molecule has 1 aliphatic heterocycles. The van der Waals surface area contributed by atoms with Gasteiger partial charge in [0.25, 0.3) is 0 Å². The van der Waals surface area contributed by atoms with E-state index in [1.807, 2.05) is 0 Å². The first kappa shape index (κ1) is 15.7. The molecule has 0 saturated carbocycles. The summed E-state index contributed by atoms with van der Waals surface area (Å²) < 4.78 is 44.3. The Bertz CT molecular complexity index is 670. The van der Waals surface area contributed by atoms with E-state index in [0.717, 1.165) is 18.2 Å². The smallest absolute Gasteiger partial charge is 0.381 e. The summed E-state index contributed by atoms with van der Waals surface area (Å²) in [6.07, 6.45) is -2.05. The van der Waals surface area contributed by atoms with Gasteiger partial charge in [-0.1, -0.05) is 18.2 Å². The fraction of sp³-hybridized carbons (Fsp3) is 0.375. The van der Waals surface area contributed by atoms with Crippen LogP contribution in [0, 0.1) is 0 Å². The van der Waals surface area contributed by atoms with Crippen LogP contribution in [-0.2, 0) is 17.5 Å². The van der Waals surface area contributed by atoms with Gasteiger partial charge in [0.2, 0.25) is 0 Å². The Morgan fingerprint density at radius 2 is 2.04 bits per heavy atom. The molecule has 1 aliphatic rings. The number of nitrogens with zero attached hydrogens (tertiary/aromatic N) is 2. The summed E-state index contributed by atoms with van der Waals surface area (Å²) in [5, 5.41) is 2.95. The Kier molecular flexibility index (Phi) is 4.47. The van der Waals surface area contributed by atoms with Gasteiger partial charge in [-0.2, -0.15) is 13.2 Å². The third-order valence-corrected chi connectivity index (χ3v) is 3.82. The molecule has 1 N–H and O–H groups in total. The summed E-state index contributed by atoms with van der Waals surface area (Å²) >= 11 is 0. The highest BCUT2D eigenvalue weighted by atomic mass is 19.4. The molecule has 0 radical (unpaired) electrons. The monoisotopic (exact) mass is 323 g/mol. The highest BCUT2D eigenvalue weighted by Gasteiger charge is 2.32. The van der Waals surface area contributed by atoms with Crippen molar-refractivity contribution >= 4 is 5.82 Å². The molecule has 3 rings (SSSR count). The lowest BCUT2D eigenvalue weighted by Crippen LogP contribution is -2.12. The van der Waals surface area contributed by atoms with Gasteiger partial charge in [0, 0.05) is 25.1 Å². The topological polar surface area (TPSA) is 47.0 Å². The minimum absolute atomic E-state index is 0.0489. The Labute approximate surface area is 131 Å². The third kappa shape index (κ3) is 3.79. The van der Waals surface area contributed by atoms with E-state index in [1.165, 1.54) is 18.5 Å². The summed E-state index contributed by atoms with van der Waals surface area (Å²) in [4.78, 5) is 8.30. The third-order valence-electron chi connectivity index (χ3n) is 3.82. The zero-order valence-electron chi connectivity index (χ0n) is 12.3. The van der Waals surface area contributed by atoms with E-state index in [0.29, 0.717) is 19.0 Å². The molecule has 1 saturated heterocycles. The van der Waals surface area contributed by atoms with Gasteiger partial charge in [0.1, 0.15) is 12.1 Å². The second-order valence-electron chi connectivity index (χ2n) is 5.40. The summed E-state index contributed by atoms with van der Waals surface area (Å²) in [5.74, 6) is 0.736. The first-order chi connectivity index (χ1) is 11.0. The average molecular weight is 323 g/mol. The van der Waals surface area contributed by atoms with Crippen molar-refractivity contribution in [3.63, 3.8) is 0 Å². The van der Waals surface area contributed by atoms with Crippen molar-refractivity contribution in [3.8, 4) is 0 Å². The van der Waals surface area contributed by atoms with E-state index < -0.39 is 11.7 Å². The number of hydrogen-bond acceptors (Lipinski definition) is 4. The van der Waals surface area contributed by atoms with Crippen LogP contribution in [0.25, 0.3) is 0 Å². The summed E-state index contributed by atoms with van der Waals surface area (Å²) in [6.45, 7) is 1.37. The van der Waals surface area contributed by atoms with E-state index in [-0.39, 0.29) is 18.0 Å². The predicted molar refractivity (Wildman–Crippen MR) is 79.0 cm³/mol. The van der Waals surface area contributed by atoms with E-state index in [9.17, 15) is 13.2 Å². The molecule has 1 atom stereocenters. The van der Waals surface area contributed by atoms with Crippen LogP contribution in [0.3, 0.4) is 0 Å². The molecule has 0 bridgehead atoms. The minimum atomic E-state index is -4.36. The van der Waals surface area contributed by atoms with Crippen LogP contribution in [0.5, 0.6) is 0 Å². The number of hydrogen-bond donors (Lipinski definition) is 1. The van der Waals surface area contributed by atoms with Gasteiger partial charge in [-0.25, -0.2) is 9.97 Å². The molecule has 0 aliphatic carbocycles. The van der Waals surface area contributed by atoms with Crippen molar-refractivity contribution in [3.05, 3.63) is 53.5 Å². The Balaban J connectivity index is 1.73. The van der Waals surface area contributed by atoms with E-state index >= 15 is 0 Å². The van der Waals surface area contributed by atoms with Crippen LogP contribution in [0.1, 0.15) is 29.2 Å². The fourth-order valence-electron chi connectivity index (χ4n) is 2.60. The maximum atomic E-state index is 13.0. The van der Waals surface area contributed by atoms with E-state index in [4.69, 9.17) is 4.74 Å². The fourth-order valence-corrected chi connectivity index (χ4v) is 2.60. The second kappa shape index (κ2) is 6.54. The maximum absolute atomic E-state index is 13.0. The normalized spacial score (nSPS) is 18.1. The van der Waals surface area contributed by atoms with Gasteiger partial charge < -0.3 is 10.1 Å². The number of aromatic nitrogens is 2. The van der Waals surface area contributed by atoms with Crippen molar-refractivity contribution < 1.29 is 17.9 Å². The average Bonchev–Trinajstić information content (AvgIpc) is 3.07. The molecule has 23 heavy (non-hydrogen) atoms. The Morgan fingerprint density at radius 3 is 2.78 bits per heavy atom. The van der Waals surface area contributed by atoms with Gasteiger partial charge in [-0.3, -0.25) is 0 Å². The van der Waals surface area contributed by atoms with Crippen molar-refractivity contribution in [1.82, 2.24) is 9.97 Å². The summed E-state index contributed by atoms with van der Waals surface area (Å²) in [7, 11) is 0. The highest BCUT2D eigenvalue weighted by Crippen LogP contribution is 2.32. The molecule has 4 nitrogen and oxygen atoms in total. The minimum Gasteiger partial charge on any atom is -0.381 e. The second-order valence-corrected chi connectivity index (χ2v) is 5.40. The number of halogens is 3. The number of nitrogens with one attached hydrogen (secondary N) is 1. The maximum Gasteiger partial charge on any atom is 0.416 e. The zero-order chi connectivity index (χ0) is 16.3. The summed E-state index contributed by atoms with van der Waals surface area (Å²) in [6, 6.07) is 7.29. The lowest BCUT2D eigenvalue weighted by Gasteiger charge is -2.14. The van der Waals surface area contributed by atoms with Gasteiger partial charge in [0.15, 0.2) is 0 Å². The van der Waals surface area contributed by atoms with Gasteiger partial charge >= 0.3 is 6.18 Å². The van der Waals surface area contributed by atoms with E-state index in [2.05, 4.69) is 15.3 Å². The zero-order valence-corrected chi connectivity index (χ0v) is 12.3. The molecule has 7 heteroatoms. The lowest BCUT2D eigenvalue weighted by molar-refractivity contribution is -0.138. The molecule has 1 unspecified atom stereocenters. The van der Waals surface area contributed by atoms with Crippen molar-refractivity contribution in [2.75, 3.05) is 18.5 Å². The molecule has 0 spiro atoms. The number of ether oxygens (including phenoxy) is 1. The molecule has 1 aromatic heterocycles. The van der Waals surface area contributed by atoms with Crippen LogP contribution < -0.4 is 5.32 Å². The molecule has 1 fully saturated rings. The number of alkyl halides is 3. The van der Waals surface area contributed by atoms with Crippen LogP contribution in [0.4, 0.5) is 19.0 Å². The molecule has 1 aromatic carbocycles. The first-order valence-corrected chi connectivity index (χ1v) is 7.32. The van der Waals surface area contributed by atoms with Crippen molar-refractivity contribution in [1.29, 1.82) is 0 Å². The number of benzene rings is 1. The highest BCUT2D eigenvalue weighted by molar-refractivity contribution is 5.39. The SMILES string of the molecule is FC(F)(F)c1ccccc1CNc1cc(C2CCOC2)ncn1. The van der Waals surface area contributed by atoms with E-state index in [1.54, 1.807) is 12.1 Å². The van der Waals surface area contributed by atoms with Gasteiger partial charge in [0.05, 0.1) is 17.9 Å². The number of anilines is 1. The number of rotatable bonds is 4. The summed E-state index contributed by atoms with van der Waals surface area (Å²) in [5.41, 5.74) is 0.402. The molecule has 122 valence electrons. The quantitative estimate of drug-likeness (QED) is 0.934. The Hall–Kier alpha value is -2.15. The van der Waals surface area contributed by atoms with Gasteiger partial charge in [-0.15, -0.1) is 0 Å². The van der Waals surface area contributed by atoms with Crippen molar-refractivity contribution in [2.24, 2.45) is 0 Å². The largest absolute Gasteiger partial charge is 0.416 e. The Morgan fingerprint density at radius 1 is 1.22 bits per heavy atom. The van der Waals surface area contributed by atoms with Crippen LogP contribution >= 0.6 is 0 Å². The lowest BCUT2D eigenvalue weighted by atomic mass is 10.0. The van der Waals surface area contributed by atoms with Crippen LogP contribution in [0.2, 0.25) is 0 Å². The molecular formula is C16H16F3N3O.